The van der Waals surface area contributed by atoms with Crippen molar-refractivity contribution in [1.29, 1.82) is 0 Å². The summed E-state index contributed by atoms with van der Waals surface area (Å²) in [6.07, 6.45) is 1.87. The van der Waals surface area contributed by atoms with Crippen LogP contribution in [0.1, 0.15) is 12.5 Å². The van der Waals surface area contributed by atoms with Crippen LogP contribution in [0.3, 0.4) is 0 Å². The van der Waals surface area contributed by atoms with Crippen molar-refractivity contribution in [3.05, 3.63) is 34.7 Å². The molecule has 6 heteroatoms. The molecule has 0 aliphatic carbocycles. The second kappa shape index (κ2) is 6.98. The summed E-state index contributed by atoms with van der Waals surface area (Å²) in [5, 5.41) is 0.783. The van der Waals surface area contributed by atoms with Gasteiger partial charge < -0.3 is 14.4 Å². The van der Waals surface area contributed by atoms with E-state index in [0.717, 1.165) is 29.6 Å². The average molecular weight is 318 g/mol. The van der Waals surface area contributed by atoms with Crippen molar-refractivity contribution in [2.75, 3.05) is 32.9 Å². The second-order valence-electron chi connectivity index (χ2n) is 4.91. The Balaban J connectivity index is 1.69. The van der Waals surface area contributed by atoms with E-state index >= 15 is 0 Å². The van der Waals surface area contributed by atoms with Crippen LogP contribution in [0, 0.1) is 0 Å². The van der Waals surface area contributed by atoms with E-state index < -0.39 is 0 Å². The zero-order chi connectivity index (χ0) is 15.4. The Labute approximate surface area is 134 Å². The van der Waals surface area contributed by atoms with Gasteiger partial charge in [0.15, 0.2) is 5.17 Å². The molecular weight excluding hydrogens is 300 g/mol. The Morgan fingerprint density at radius 2 is 2.05 bits per heavy atom. The van der Waals surface area contributed by atoms with Crippen LogP contribution in [-0.2, 0) is 9.53 Å². The molecule has 1 aromatic rings. The molecule has 0 spiro atoms. The summed E-state index contributed by atoms with van der Waals surface area (Å²) in [6.45, 7) is 5.54. The molecule has 1 aromatic carbocycles. The normalized spacial score (nSPS) is 20.4. The summed E-state index contributed by atoms with van der Waals surface area (Å²) in [7, 11) is 0. The van der Waals surface area contributed by atoms with Gasteiger partial charge in [-0.25, -0.2) is 0 Å². The zero-order valence-corrected chi connectivity index (χ0v) is 13.3. The molecule has 2 aliphatic heterocycles. The SMILES string of the molecule is CCOc1ccc(C=C2SC(N3CCOCC3)=NC2=O)cc1. The van der Waals surface area contributed by atoms with Crippen molar-refractivity contribution in [2.45, 2.75) is 6.92 Å². The van der Waals surface area contributed by atoms with Crippen LogP contribution in [0.15, 0.2) is 34.2 Å². The minimum Gasteiger partial charge on any atom is -0.494 e. The Morgan fingerprint density at radius 3 is 2.73 bits per heavy atom. The van der Waals surface area contributed by atoms with Gasteiger partial charge in [0.25, 0.3) is 5.91 Å². The Morgan fingerprint density at radius 1 is 1.32 bits per heavy atom. The largest absolute Gasteiger partial charge is 0.494 e. The molecule has 0 saturated carbocycles. The van der Waals surface area contributed by atoms with Crippen LogP contribution in [0.5, 0.6) is 5.75 Å². The lowest BCUT2D eigenvalue weighted by molar-refractivity contribution is -0.113. The molecule has 2 aliphatic rings. The minimum atomic E-state index is -0.166. The number of ether oxygens (including phenoxy) is 2. The number of carbonyl (C=O) groups excluding carboxylic acids is 1. The van der Waals surface area contributed by atoms with Crippen LogP contribution < -0.4 is 4.74 Å². The first-order chi connectivity index (χ1) is 10.8. The predicted octanol–water partition coefficient (Wildman–Crippen LogP) is 2.39. The molecule has 2 heterocycles. The van der Waals surface area contributed by atoms with Crippen LogP contribution >= 0.6 is 11.8 Å². The van der Waals surface area contributed by atoms with E-state index in [1.165, 1.54) is 11.8 Å². The maximum Gasteiger partial charge on any atom is 0.286 e. The Bertz CT molecular complexity index is 604. The smallest absolute Gasteiger partial charge is 0.286 e. The first kappa shape index (κ1) is 15.1. The zero-order valence-electron chi connectivity index (χ0n) is 12.4. The number of thioether (sulfide) groups is 1. The predicted molar refractivity (Wildman–Crippen MR) is 88.0 cm³/mol. The standard InChI is InChI=1S/C16H18N2O3S/c1-2-21-13-5-3-12(4-6-13)11-14-15(19)17-16(22-14)18-7-9-20-10-8-18/h3-6,11H,2,7-10H2,1H3. The quantitative estimate of drug-likeness (QED) is 0.801. The van der Waals surface area contributed by atoms with E-state index in [0.29, 0.717) is 24.7 Å². The highest BCUT2D eigenvalue weighted by Crippen LogP contribution is 2.30. The number of hydrogen-bond acceptors (Lipinski definition) is 5. The van der Waals surface area contributed by atoms with Crippen molar-refractivity contribution in [1.82, 2.24) is 4.90 Å². The van der Waals surface area contributed by atoms with Gasteiger partial charge in [0.1, 0.15) is 5.75 Å². The number of hydrogen-bond donors (Lipinski definition) is 0. The van der Waals surface area contributed by atoms with E-state index in [1.54, 1.807) is 0 Å². The molecule has 1 amide bonds. The van der Waals surface area contributed by atoms with E-state index in [4.69, 9.17) is 9.47 Å². The third-order valence-electron chi connectivity index (χ3n) is 3.38. The molecule has 0 aromatic heterocycles. The van der Waals surface area contributed by atoms with E-state index in [-0.39, 0.29) is 5.91 Å². The summed E-state index contributed by atoms with van der Waals surface area (Å²) in [4.78, 5) is 19.0. The number of amidine groups is 1. The van der Waals surface area contributed by atoms with Gasteiger partial charge in [-0.2, -0.15) is 4.99 Å². The average Bonchev–Trinajstić information content (AvgIpc) is 2.91. The van der Waals surface area contributed by atoms with Gasteiger partial charge in [0, 0.05) is 13.1 Å². The van der Waals surface area contributed by atoms with Crippen LogP contribution in [-0.4, -0.2) is 48.9 Å². The molecule has 1 saturated heterocycles. The molecule has 0 N–H and O–H groups in total. The summed E-state index contributed by atoms with van der Waals surface area (Å²) < 4.78 is 10.7. The number of benzene rings is 1. The molecule has 3 rings (SSSR count). The Hall–Kier alpha value is -1.79. The molecule has 0 unspecified atom stereocenters. The van der Waals surface area contributed by atoms with E-state index in [9.17, 15) is 4.79 Å². The fourth-order valence-corrected chi connectivity index (χ4v) is 3.23. The van der Waals surface area contributed by atoms with E-state index in [1.807, 2.05) is 37.3 Å². The van der Waals surface area contributed by atoms with Gasteiger partial charge >= 0.3 is 0 Å². The summed E-state index contributed by atoms with van der Waals surface area (Å²) in [5.74, 6) is 0.667. The number of rotatable bonds is 3. The maximum absolute atomic E-state index is 12.0. The number of morpholine rings is 1. The lowest BCUT2D eigenvalue weighted by Crippen LogP contribution is -2.38. The molecule has 0 atom stereocenters. The van der Waals surface area contributed by atoms with E-state index in [2.05, 4.69) is 9.89 Å². The number of amides is 1. The van der Waals surface area contributed by atoms with Crippen molar-refractivity contribution >= 4 is 28.9 Å². The fraction of sp³-hybridized carbons (Fsp3) is 0.375. The lowest BCUT2D eigenvalue weighted by Gasteiger charge is -2.27. The molecule has 1 fully saturated rings. The summed E-state index contributed by atoms with van der Waals surface area (Å²) in [5.41, 5.74) is 0.970. The number of aliphatic imine (C=N–C) groups is 1. The van der Waals surface area contributed by atoms with Crippen molar-refractivity contribution in [3.63, 3.8) is 0 Å². The number of nitrogens with zero attached hydrogens (tertiary/aromatic N) is 2. The second-order valence-corrected chi connectivity index (χ2v) is 5.92. The number of carbonyl (C=O) groups is 1. The highest BCUT2D eigenvalue weighted by Gasteiger charge is 2.26. The van der Waals surface area contributed by atoms with Gasteiger partial charge in [-0.05, 0) is 42.5 Å². The Kier molecular flexibility index (Phi) is 4.80. The maximum atomic E-state index is 12.0. The van der Waals surface area contributed by atoms with Gasteiger partial charge in [0.2, 0.25) is 0 Å². The fourth-order valence-electron chi connectivity index (χ4n) is 2.27. The topological polar surface area (TPSA) is 51.1 Å². The third-order valence-corrected chi connectivity index (χ3v) is 4.42. The highest BCUT2D eigenvalue weighted by molar-refractivity contribution is 8.18. The summed E-state index contributed by atoms with van der Waals surface area (Å²) >= 11 is 1.44. The van der Waals surface area contributed by atoms with Crippen LogP contribution in [0.4, 0.5) is 0 Å². The van der Waals surface area contributed by atoms with Gasteiger partial charge in [-0.1, -0.05) is 12.1 Å². The third kappa shape index (κ3) is 3.51. The first-order valence-corrected chi connectivity index (χ1v) is 8.16. The van der Waals surface area contributed by atoms with Crippen molar-refractivity contribution < 1.29 is 14.3 Å². The minimum absolute atomic E-state index is 0.166. The van der Waals surface area contributed by atoms with Crippen LogP contribution in [0.2, 0.25) is 0 Å². The van der Waals surface area contributed by atoms with Crippen LogP contribution in [0.25, 0.3) is 6.08 Å². The molecule has 0 bridgehead atoms. The van der Waals surface area contributed by atoms with Gasteiger partial charge in [-0.15, -0.1) is 0 Å². The molecule has 0 radical (unpaired) electrons. The molecular formula is C16H18N2O3S. The van der Waals surface area contributed by atoms with Crippen molar-refractivity contribution in [2.24, 2.45) is 4.99 Å². The molecule has 116 valence electrons. The molecule has 22 heavy (non-hydrogen) atoms. The first-order valence-electron chi connectivity index (χ1n) is 7.34. The summed E-state index contributed by atoms with van der Waals surface area (Å²) in [6, 6.07) is 7.70. The molecule has 5 nitrogen and oxygen atoms in total. The van der Waals surface area contributed by atoms with Crippen molar-refractivity contribution in [3.8, 4) is 5.75 Å². The highest BCUT2D eigenvalue weighted by atomic mass is 32.2. The van der Waals surface area contributed by atoms with Gasteiger partial charge in [-0.3, -0.25) is 4.79 Å². The monoisotopic (exact) mass is 318 g/mol. The van der Waals surface area contributed by atoms with Gasteiger partial charge in [0.05, 0.1) is 24.7 Å². The lowest BCUT2D eigenvalue weighted by atomic mass is 10.2.